The summed E-state index contributed by atoms with van der Waals surface area (Å²) >= 11 is 3.17. The summed E-state index contributed by atoms with van der Waals surface area (Å²) < 4.78 is 13.6. The van der Waals surface area contributed by atoms with Crippen LogP contribution in [0.1, 0.15) is 0 Å². The fourth-order valence-electron chi connectivity index (χ4n) is 3.57. The molecule has 3 aromatic heterocycles. The third kappa shape index (κ3) is 6.43. The van der Waals surface area contributed by atoms with E-state index in [0.29, 0.717) is 0 Å². The molecule has 1 aliphatic heterocycles. The minimum atomic E-state index is 0.962. The molecule has 1 aliphatic rings. The lowest BCUT2D eigenvalue weighted by Crippen LogP contribution is -1.98. The number of hydrogen-bond acceptors (Lipinski definition) is 8. The number of para-hydroxylation sites is 4. The molecule has 0 saturated heterocycles. The normalized spacial score (nSPS) is 10.8. The van der Waals surface area contributed by atoms with E-state index in [2.05, 4.69) is 85.0 Å². The van der Waals surface area contributed by atoms with Crippen molar-refractivity contribution >= 4 is 56.6 Å². The molecule has 0 spiro atoms. The lowest BCUT2D eigenvalue weighted by molar-refractivity contribution is 0.558. The molecule has 8 heteroatoms. The van der Waals surface area contributed by atoms with Crippen molar-refractivity contribution in [1.82, 2.24) is 14.6 Å². The maximum absolute atomic E-state index is 5.65. The molecule has 37 heavy (non-hydrogen) atoms. The predicted octanol–water partition coefficient (Wildman–Crippen LogP) is 8.69. The number of benzene rings is 4. The van der Waals surface area contributed by atoms with Crippen molar-refractivity contribution in [3.05, 3.63) is 127 Å². The molecule has 1 N–H and O–H groups in total. The first-order valence-electron chi connectivity index (χ1n) is 11.4. The molecule has 0 atom stereocenters. The van der Waals surface area contributed by atoms with Crippen molar-refractivity contribution in [2.75, 3.05) is 5.32 Å². The second-order valence-corrected chi connectivity index (χ2v) is 9.31. The summed E-state index contributed by atoms with van der Waals surface area (Å²) in [6.45, 7) is 0. The molecule has 0 fully saturated rings. The number of furan rings is 1. The Labute approximate surface area is 222 Å². The van der Waals surface area contributed by atoms with Crippen LogP contribution >= 0.6 is 23.3 Å². The lowest BCUT2D eigenvalue weighted by Gasteiger charge is -2.19. The number of anilines is 2. The van der Waals surface area contributed by atoms with Gasteiger partial charge in [0.05, 0.1) is 23.8 Å². The molecule has 0 saturated carbocycles. The van der Waals surface area contributed by atoms with Crippen molar-refractivity contribution in [1.29, 1.82) is 0 Å². The smallest absolute Gasteiger partial charge is 0.180 e. The SMILES string of the molecule is c1ccc2c(c1)Nc1ccccc1S2.c1ccc2c(c1)oc1ccccc12.c1cocn1.c1csnn1. The molecule has 4 heterocycles. The first kappa shape index (κ1) is 24.3. The van der Waals surface area contributed by atoms with Crippen molar-refractivity contribution in [3.8, 4) is 0 Å². The summed E-state index contributed by atoms with van der Waals surface area (Å²) in [6.07, 6.45) is 6.13. The van der Waals surface area contributed by atoms with Crippen LogP contribution < -0.4 is 5.32 Å². The maximum atomic E-state index is 5.65. The van der Waals surface area contributed by atoms with E-state index in [4.69, 9.17) is 4.42 Å². The molecule has 7 aromatic rings. The highest BCUT2D eigenvalue weighted by molar-refractivity contribution is 7.99. The summed E-state index contributed by atoms with van der Waals surface area (Å²) in [5, 5.41) is 11.1. The van der Waals surface area contributed by atoms with Crippen LogP contribution in [0, 0.1) is 0 Å². The number of nitrogens with one attached hydrogen (secondary N) is 1. The number of oxazole rings is 1. The second kappa shape index (κ2) is 12.5. The third-order valence-corrected chi connectivity index (χ3v) is 6.76. The topological polar surface area (TPSA) is 77.0 Å². The Morgan fingerprint density at radius 2 is 1.24 bits per heavy atom. The molecule has 0 bridgehead atoms. The van der Waals surface area contributed by atoms with Gasteiger partial charge in [-0.3, -0.25) is 0 Å². The maximum Gasteiger partial charge on any atom is 0.180 e. The van der Waals surface area contributed by atoms with E-state index in [0.717, 1.165) is 11.2 Å². The molecule has 6 nitrogen and oxygen atoms in total. The van der Waals surface area contributed by atoms with Gasteiger partial charge in [-0.1, -0.05) is 76.9 Å². The molecule has 4 aromatic carbocycles. The highest BCUT2D eigenvalue weighted by Crippen LogP contribution is 2.43. The molecular weight excluding hydrogens is 500 g/mol. The fourth-order valence-corrected chi connectivity index (χ4v) is 4.83. The van der Waals surface area contributed by atoms with Gasteiger partial charge in [0.15, 0.2) is 6.39 Å². The first-order chi connectivity index (χ1) is 18.4. The Morgan fingerprint density at radius 3 is 1.70 bits per heavy atom. The van der Waals surface area contributed by atoms with Gasteiger partial charge in [0, 0.05) is 25.9 Å². The quantitative estimate of drug-likeness (QED) is 0.213. The van der Waals surface area contributed by atoms with E-state index in [1.807, 2.05) is 53.5 Å². The highest BCUT2D eigenvalue weighted by Gasteiger charge is 2.13. The Balaban J connectivity index is 0.000000112. The van der Waals surface area contributed by atoms with Gasteiger partial charge < -0.3 is 14.2 Å². The number of rotatable bonds is 0. The van der Waals surface area contributed by atoms with Crippen LogP contribution in [0.2, 0.25) is 0 Å². The van der Waals surface area contributed by atoms with Crippen LogP contribution in [0.4, 0.5) is 11.4 Å². The molecule has 0 radical (unpaired) electrons. The van der Waals surface area contributed by atoms with Gasteiger partial charge in [-0.25, -0.2) is 4.98 Å². The van der Waals surface area contributed by atoms with Crippen molar-refractivity contribution < 1.29 is 8.83 Å². The van der Waals surface area contributed by atoms with Crippen molar-refractivity contribution in [2.45, 2.75) is 9.79 Å². The Kier molecular flexibility index (Phi) is 8.23. The lowest BCUT2D eigenvalue weighted by atomic mass is 10.2. The van der Waals surface area contributed by atoms with Crippen LogP contribution in [0.25, 0.3) is 21.9 Å². The molecule has 182 valence electrons. The van der Waals surface area contributed by atoms with E-state index in [1.165, 1.54) is 56.1 Å². The minimum Gasteiger partial charge on any atom is -0.456 e. The predicted molar refractivity (Wildman–Crippen MR) is 150 cm³/mol. The Morgan fingerprint density at radius 1 is 0.649 bits per heavy atom. The van der Waals surface area contributed by atoms with Crippen LogP contribution in [-0.2, 0) is 0 Å². The van der Waals surface area contributed by atoms with E-state index in [1.54, 1.807) is 12.4 Å². The molecule has 0 amide bonds. The fraction of sp³-hybridized carbons (Fsp3) is 0. The molecule has 0 unspecified atom stereocenters. The zero-order valence-electron chi connectivity index (χ0n) is 19.6. The summed E-state index contributed by atoms with van der Waals surface area (Å²) in [6, 6.07) is 33.0. The molecular formula is C29H22N4O2S2. The van der Waals surface area contributed by atoms with Gasteiger partial charge in [0.2, 0.25) is 0 Å². The minimum absolute atomic E-state index is 0.962. The van der Waals surface area contributed by atoms with E-state index in [9.17, 15) is 0 Å². The highest BCUT2D eigenvalue weighted by atomic mass is 32.2. The van der Waals surface area contributed by atoms with E-state index >= 15 is 0 Å². The van der Waals surface area contributed by atoms with Gasteiger partial charge in [-0.15, -0.1) is 5.10 Å². The van der Waals surface area contributed by atoms with E-state index in [-0.39, 0.29) is 0 Å². The van der Waals surface area contributed by atoms with Crippen LogP contribution in [0.5, 0.6) is 0 Å². The summed E-state index contributed by atoms with van der Waals surface area (Å²) in [7, 11) is 0. The van der Waals surface area contributed by atoms with Crippen LogP contribution in [0.15, 0.2) is 146 Å². The standard InChI is InChI=1S/C12H9NS.C12H8O.C3H3NO.C2H2N2S/c1-3-7-11-9(5-1)13-10-6-2-4-8-12(10)14-11;1-3-7-11-9(5-1)10-6-2-4-8-12(10)13-11;1-2-5-3-4-1;1-2-5-4-3-1/h1-8,13H;1-8H;1-3H;1-2H. The van der Waals surface area contributed by atoms with Gasteiger partial charge in [0.1, 0.15) is 17.4 Å². The van der Waals surface area contributed by atoms with Crippen molar-refractivity contribution in [3.63, 3.8) is 0 Å². The second-order valence-electron chi connectivity index (χ2n) is 7.58. The average molecular weight is 523 g/mol. The first-order valence-corrected chi connectivity index (χ1v) is 13.1. The Hall–Kier alpha value is -4.40. The average Bonchev–Trinajstić information content (AvgIpc) is 3.77. The summed E-state index contributed by atoms with van der Waals surface area (Å²) in [4.78, 5) is 6.15. The summed E-state index contributed by atoms with van der Waals surface area (Å²) in [5.41, 5.74) is 4.33. The van der Waals surface area contributed by atoms with Gasteiger partial charge in [0.25, 0.3) is 0 Å². The number of nitrogens with zero attached hydrogens (tertiary/aromatic N) is 3. The van der Waals surface area contributed by atoms with E-state index < -0.39 is 0 Å². The van der Waals surface area contributed by atoms with Gasteiger partial charge in [-0.2, -0.15) is 0 Å². The third-order valence-electron chi connectivity index (χ3n) is 5.18. The van der Waals surface area contributed by atoms with Gasteiger partial charge in [-0.05, 0) is 47.9 Å². The Bertz CT molecular complexity index is 1450. The summed E-state index contributed by atoms with van der Waals surface area (Å²) in [5.74, 6) is 0. The number of fused-ring (bicyclic) bond motifs is 5. The van der Waals surface area contributed by atoms with Crippen molar-refractivity contribution in [2.24, 2.45) is 0 Å². The number of hydrogen-bond donors (Lipinski definition) is 1. The number of aromatic nitrogens is 3. The zero-order chi connectivity index (χ0) is 25.1. The monoisotopic (exact) mass is 522 g/mol. The van der Waals surface area contributed by atoms with Crippen LogP contribution in [-0.4, -0.2) is 14.6 Å². The largest absolute Gasteiger partial charge is 0.456 e. The van der Waals surface area contributed by atoms with Gasteiger partial charge >= 0.3 is 0 Å². The molecule has 0 aliphatic carbocycles. The van der Waals surface area contributed by atoms with Crippen LogP contribution in [0.3, 0.4) is 0 Å². The molecule has 8 rings (SSSR count). The zero-order valence-corrected chi connectivity index (χ0v) is 21.2.